The number of carbonyl (C=O) groups is 1. The Balaban J connectivity index is 2.75. The number of hydrogen-bond acceptors (Lipinski definition) is 3. The number of benzene rings is 1. The van der Waals surface area contributed by atoms with E-state index in [2.05, 4.69) is 4.74 Å². The molecule has 0 radical (unpaired) electrons. The van der Waals surface area contributed by atoms with E-state index in [4.69, 9.17) is 5.11 Å². The summed E-state index contributed by atoms with van der Waals surface area (Å²) in [7, 11) is 1.52. The van der Waals surface area contributed by atoms with Gasteiger partial charge in [-0.15, -0.1) is 13.2 Å². The fourth-order valence-electron chi connectivity index (χ4n) is 1.53. The number of rotatable bonds is 5. The lowest BCUT2D eigenvalue weighted by atomic mass is 10.2. The maximum absolute atomic E-state index is 12.1. The van der Waals surface area contributed by atoms with Gasteiger partial charge in [-0.2, -0.15) is 0 Å². The van der Waals surface area contributed by atoms with Gasteiger partial charge in [0.15, 0.2) is 0 Å². The van der Waals surface area contributed by atoms with Gasteiger partial charge in [0.2, 0.25) is 0 Å². The summed E-state index contributed by atoms with van der Waals surface area (Å²) < 4.78 is 40.1. The summed E-state index contributed by atoms with van der Waals surface area (Å²) in [6, 6.07) is 4.88. The summed E-state index contributed by atoms with van der Waals surface area (Å²) in [4.78, 5) is 13.3. The van der Waals surface area contributed by atoms with Gasteiger partial charge in [-0.3, -0.25) is 4.79 Å². The summed E-state index contributed by atoms with van der Waals surface area (Å²) in [5, 5.41) is 9.14. The average Bonchev–Trinajstić information content (AvgIpc) is 2.33. The van der Waals surface area contributed by atoms with Gasteiger partial charge in [-0.05, 0) is 31.5 Å². The molecular weight excluding hydrogens is 275 g/mol. The van der Waals surface area contributed by atoms with E-state index in [1.807, 2.05) is 0 Å². The van der Waals surface area contributed by atoms with Gasteiger partial charge in [0.05, 0.1) is 6.10 Å². The van der Waals surface area contributed by atoms with E-state index in [0.29, 0.717) is 13.0 Å². The third-order valence-electron chi connectivity index (χ3n) is 2.54. The normalized spacial score (nSPS) is 12.9. The van der Waals surface area contributed by atoms with Crippen LogP contribution in [-0.4, -0.2) is 42.0 Å². The van der Waals surface area contributed by atoms with Crippen molar-refractivity contribution in [3.05, 3.63) is 29.8 Å². The maximum atomic E-state index is 12.1. The molecule has 0 spiro atoms. The van der Waals surface area contributed by atoms with Crippen LogP contribution < -0.4 is 4.74 Å². The Hall–Kier alpha value is -1.76. The molecule has 4 nitrogen and oxygen atoms in total. The van der Waals surface area contributed by atoms with Crippen molar-refractivity contribution in [3.63, 3.8) is 0 Å². The molecule has 0 heterocycles. The van der Waals surface area contributed by atoms with Gasteiger partial charge < -0.3 is 14.7 Å². The van der Waals surface area contributed by atoms with E-state index in [1.165, 1.54) is 24.1 Å². The number of alkyl halides is 3. The van der Waals surface area contributed by atoms with Gasteiger partial charge in [0.1, 0.15) is 5.75 Å². The molecule has 1 rings (SSSR count). The fourth-order valence-corrected chi connectivity index (χ4v) is 1.53. The van der Waals surface area contributed by atoms with Crippen LogP contribution in [0.3, 0.4) is 0 Å². The summed E-state index contributed by atoms with van der Waals surface area (Å²) in [6.45, 7) is 1.90. The lowest BCUT2D eigenvalue weighted by Gasteiger charge is -2.18. The zero-order valence-corrected chi connectivity index (χ0v) is 11.1. The van der Waals surface area contributed by atoms with Crippen molar-refractivity contribution in [1.82, 2.24) is 4.90 Å². The van der Waals surface area contributed by atoms with Gasteiger partial charge in [-0.1, -0.05) is 6.07 Å². The Morgan fingerprint density at radius 1 is 1.45 bits per heavy atom. The van der Waals surface area contributed by atoms with Crippen molar-refractivity contribution in [1.29, 1.82) is 0 Å². The minimum absolute atomic E-state index is 0.0971. The molecular formula is C13H16F3NO3. The highest BCUT2D eigenvalue weighted by Crippen LogP contribution is 2.23. The molecule has 1 atom stereocenters. The summed E-state index contributed by atoms with van der Waals surface area (Å²) >= 11 is 0. The Labute approximate surface area is 114 Å². The molecule has 1 aromatic rings. The minimum Gasteiger partial charge on any atom is -0.406 e. The van der Waals surface area contributed by atoms with Crippen molar-refractivity contribution in [3.8, 4) is 5.75 Å². The third kappa shape index (κ3) is 5.48. The Kier molecular flexibility index (Phi) is 5.38. The Bertz CT molecular complexity index is 460. The average molecular weight is 291 g/mol. The van der Waals surface area contributed by atoms with Gasteiger partial charge in [0, 0.05) is 19.2 Å². The molecule has 1 N–H and O–H groups in total. The molecule has 0 aliphatic heterocycles. The number of aliphatic hydroxyl groups is 1. The van der Waals surface area contributed by atoms with Crippen molar-refractivity contribution in [2.24, 2.45) is 0 Å². The predicted octanol–water partition coefficient (Wildman–Crippen LogP) is 2.43. The topological polar surface area (TPSA) is 49.8 Å². The molecule has 0 bridgehead atoms. The third-order valence-corrected chi connectivity index (χ3v) is 2.54. The highest BCUT2D eigenvalue weighted by atomic mass is 19.4. The van der Waals surface area contributed by atoms with Crippen molar-refractivity contribution >= 4 is 5.91 Å². The van der Waals surface area contributed by atoms with Gasteiger partial charge in [0.25, 0.3) is 5.91 Å². The van der Waals surface area contributed by atoms with Crippen LogP contribution in [0.4, 0.5) is 13.2 Å². The molecule has 0 aliphatic rings. The van der Waals surface area contributed by atoms with Crippen LogP contribution in [0, 0.1) is 0 Å². The SMILES string of the molecule is CC(O)CCN(C)C(=O)c1cccc(OC(F)(F)F)c1. The summed E-state index contributed by atoms with van der Waals surface area (Å²) in [5.74, 6) is -0.870. The monoisotopic (exact) mass is 291 g/mol. The van der Waals surface area contributed by atoms with Gasteiger partial charge in [-0.25, -0.2) is 0 Å². The van der Waals surface area contributed by atoms with E-state index >= 15 is 0 Å². The minimum atomic E-state index is -4.79. The first-order chi connectivity index (χ1) is 9.19. The van der Waals surface area contributed by atoms with Crippen LogP contribution in [-0.2, 0) is 0 Å². The Morgan fingerprint density at radius 3 is 2.65 bits per heavy atom. The smallest absolute Gasteiger partial charge is 0.406 e. The molecule has 0 aliphatic carbocycles. The number of amides is 1. The van der Waals surface area contributed by atoms with Crippen molar-refractivity contribution in [2.75, 3.05) is 13.6 Å². The van der Waals surface area contributed by atoms with Crippen molar-refractivity contribution < 1.29 is 27.8 Å². The van der Waals surface area contributed by atoms with E-state index in [0.717, 1.165) is 12.1 Å². The molecule has 0 saturated carbocycles. The van der Waals surface area contributed by atoms with Crippen LogP contribution in [0.1, 0.15) is 23.7 Å². The number of nitrogens with zero attached hydrogens (tertiary/aromatic N) is 1. The van der Waals surface area contributed by atoms with Crippen LogP contribution in [0.15, 0.2) is 24.3 Å². The molecule has 0 saturated heterocycles. The lowest BCUT2D eigenvalue weighted by Crippen LogP contribution is -2.29. The number of carbonyl (C=O) groups excluding carboxylic acids is 1. The first-order valence-electron chi connectivity index (χ1n) is 5.98. The molecule has 112 valence electrons. The zero-order chi connectivity index (χ0) is 15.3. The highest BCUT2D eigenvalue weighted by molar-refractivity contribution is 5.94. The highest BCUT2D eigenvalue weighted by Gasteiger charge is 2.31. The summed E-state index contributed by atoms with van der Waals surface area (Å²) in [6.07, 6.45) is -4.95. The number of hydrogen-bond donors (Lipinski definition) is 1. The standard InChI is InChI=1S/C13H16F3NO3/c1-9(18)6-7-17(2)12(19)10-4-3-5-11(8-10)20-13(14,15)16/h3-5,8-9,18H,6-7H2,1-2H3. The number of ether oxygens (including phenoxy) is 1. The molecule has 1 unspecified atom stereocenters. The second-order valence-corrected chi connectivity index (χ2v) is 4.44. The first-order valence-corrected chi connectivity index (χ1v) is 5.98. The van der Waals surface area contributed by atoms with Crippen LogP contribution >= 0.6 is 0 Å². The molecule has 20 heavy (non-hydrogen) atoms. The molecule has 1 aromatic carbocycles. The quantitative estimate of drug-likeness (QED) is 0.906. The molecule has 7 heteroatoms. The van der Waals surface area contributed by atoms with E-state index in [1.54, 1.807) is 6.92 Å². The predicted molar refractivity (Wildman–Crippen MR) is 66.4 cm³/mol. The van der Waals surface area contributed by atoms with E-state index in [-0.39, 0.29) is 5.56 Å². The largest absolute Gasteiger partial charge is 0.573 e. The molecule has 1 amide bonds. The van der Waals surface area contributed by atoms with Gasteiger partial charge >= 0.3 is 6.36 Å². The second-order valence-electron chi connectivity index (χ2n) is 4.44. The lowest BCUT2D eigenvalue weighted by molar-refractivity contribution is -0.274. The fraction of sp³-hybridized carbons (Fsp3) is 0.462. The molecule has 0 fully saturated rings. The second kappa shape index (κ2) is 6.60. The van der Waals surface area contributed by atoms with E-state index in [9.17, 15) is 18.0 Å². The molecule has 0 aromatic heterocycles. The van der Waals surface area contributed by atoms with Crippen LogP contribution in [0.2, 0.25) is 0 Å². The first kappa shape index (κ1) is 16.3. The maximum Gasteiger partial charge on any atom is 0.573 e. The number of halogens is 3. The van der Waals surface area contributed by atoms with Crippen molar-refractivity contribution in [2.45, 2.75) is 25.8 Å². The number of aliphatic hydroxyl groups excluding tert-OH is 1. The van der Waals surface area contributed by atoms with Crippen LogP contribution in [0.5, 0.6) is 5.75 Å². The zero-order valence-electron chi connectivity index (χ0n) is 11.1. The summed E-state index contributed by atoms with van der Waals surface area (Å²) in [5.41, 5.74) is 0.0971. The van der Waals surface area contributed by atoms with Crippen LogP contribution in [0.25, 0.3) is 0 Å². The Morgan fingerprint density at radius 2 is 2.10 bits per heavy atom. The van der Waals surface area contributed by atoms with E-state index < -0.39 is 24.1 Å².